The molecular weight excluding hydrogens is 525 g/mol. The van der Waals surface area contributed by atoms with Gasteiger partial charge >= 0.3 is 0 Å². The van der Waals surface area contributed by atoms with Gasteiger partial charge in [0, 0.05) is 31.4 Å². The summed E-state index contributed by atoms with van der Waals surface area (Å²) in [6, 6.07) is 18.3. The zero-order valence-corrected chi connectivity index (χ0v) is 22.8. The minimum Gasteiger partial charge on any atom is -0.490 e. The summed E-state index contributed by atoms with van der Waals surface area (Å²) < 4.78 is 26.0. The number of carbonyl (C=O) groups excluding carboxylic acids is 3. The maximum Gasteiger partial charge on any atom is 0.257 e. The second kappa shape index (κ2) is 11.3. The highest BCUT2D eigenvalue weighted by Gasteiger charge is 2.39. The van der Waals surface area contributed by atoms with Crippen molar-refractivity contribution in [2.24, 2.45) is 0 Å². The molecule has 8 nitrogen and oxygen atoms in total. The van der Waals surface area contributed by atoms with Gasteiger partial charge in [0.1, 0.15) is 24.3 Å². The van der Waals surface area contributed by atoms with E-state index in [1.807, 2.05) is 17.0 Å². The normalized spacial score (nSPS) is 21.9. The lowest BCUT2D eigenvalue weighted by Crippen LogP contribution is -2.54. The van der Waals surface area contributed by atoms with Crippen LogP contribution in [0.5, 0.6) is 5.75 Å². The average Bonchev–Trinajstić information content (AvgIpc) is 2.99. The van der Waals surface area contributed by atoms with Crippen molar-refractivity contribution in [2.75, 3.05) is 25.5 Å². The highest BCUT2D eigenvalue weighted by molar-refractivity contribution is 6.05. The minimum absolute atomic E-state index is 0.0808. The van der Waals surface area contributed by atoms with Crippen LogP contribution in [-0.4, -0.2) is 66.0 Å². The van der Waals surface area contributed by atoms with Crippen molar-refractivity contribution in [1.29, 1.82) is 0 Å². The number of hydrogen-bond acceptors (Lipinski definition) is 5. The van der Waals surface area contributed by atoms with Crippen LogP contribution < -0.4 is 10.1 Å². The molecule has 1 N–H and O–H groups in total. The quantitative estimate of drug-likeness (QED) is 0.513. The minimum atomic E-state index is -0.505. The molecular formula is C32H32FN3O5. The monoisotopic (exact) mass is 557 g/mol. The summed E-state index contributed by atoms with van der Waals surface area (Å²) in [6.45, 7) is 1.55. The summed E-state index contributed by atoms with van der Waals surface area (Å²) in [5, 5.41) is 2.73. The van der Waals surface area contributed by atoms with Crippen molar-refractivity contribution in [3.8, 4) is 5.75 Å². The summed E-state index contributed by atoms with van der Waals surface area (Å²) in [5.74, 6) is -0.766. The first-order valence-corrected chi connectivity index (χ1v) is 14.0. The van der Waals surface area contributed by atoms with E-state index in [0.717, 1.165) is 12.5 Å². The molecule has 0 saturated carbocycles. The number of likely N-dealkylation sites (N-methyl/N-ethyl adjacent to an activating group) is 1. The summed E-state index contributed by atoms with van der Waals surface area (Å²) in [7, 11) is 1.74. The molecule has 0 spiro atoms. The van der Waals surface area contributed by atoms with Crippen LogP contribution in [0, 0.1) is 5.82 Å². The first kappa shape index (κ1) is 27.0. The molecule has 0 aliphatic carbocycles. The molecule has 41 heavy (non-hydrogen) atoms. The summed E-state index contributed by atoms with van der Waals surface area (Å²) in [5.41, 5.74) is 3.40. The van der Waals surface area contributed by atoms with E-state index in [1.165, 1.54) is 29.3 Å². The smallest absolute Gasteiger partial charge is 0.257 e. The zero-order valence-electron chi connectivity index (χ0n) is 22.8. The average molecular weight is 558 g/mol. The number of ether oxygens (including phenoxy) is 2. The third-order valence-electron chi connectivity index (χ3n) is 8.24. The van der Waals surface area contributed by atoms with Crippen molar-refractivity contribution in [2.45, 2.75) is 50.5 Å². The van der Waals surface area contributed by atoms with Gasteiger partial charge in [-0.25, -0.2) is 4.39 Å². The van der Waals surface area contributed by atoms with E-state index in [-0.39, 0.29) is 42.2 Å². The molecule has 0 unspecified atom stereocenters. The summed E-state index contributed by atoms with van der Waals surface area (Å²) in [6.07, 6.45) is 1.88. The van der Waals surface area contributed by atoms with Gasteiger partial charge in [0.2, 0.25) is 5.91 Å². The van der Waals surface area contributed by atoms with Crippen molar-refractivity contribution in [3.05, 3.63) is 94.8 Å². The van der Waals surface area contributed by atoms with Gasteiger partial charge in [0.05, 0.1) is 24.1 Å². The fourth-order valence-electron chi connectivity index (χ4n) is 5.97. The Morgan fingerprint density at radius 3 is 2.68 bits per heavy atom. The maximum atomic E-state index is 13.5. The van der Waals surface area contributed by atoms with Gasteiger partial charge in [0.15, 0.2) is 0 Å². The van der Waals surface area contributed by atoms with Gasteiger partial charge in [-0.2, -0.15) is 0 Å². The molecule has 1 fully saturated rings. The number of benzene rings is 3. The standard InChI is InChI=1S/C32H32FN3O5/c1-35-27-11-10-25(17-30(37)36-14-13-20-5-2-3-6-22(20)18-36)41-29(27)19-40-28-12-9-24(16-26(28)32(35)39)34-31(38)21-7-4-8-23(33)15-21/h2-9,12,15-16,25,27,29H,10-11,13-14,17-19H2,1H3,(H,34,38)/t25-,27+,29+/m0/s1. The van der Waals surface area contributed by atoms with E-state index >= 15 is 0 Å². The van der Waals surface area contributed by atoms with Gasteiger partial charge < -0.3 is 24.6 Å². The summed E-state index contributed by atoms with van der Waals surface area (Å²) in [4.78, 5) is 42.9. The van der Waals surface area contributed by atoms with Gasteiger partial charge in [-0.05, 0) is 66.8 Å². The van der Waals surface area contributed by atoms with Gasteiger partial charge in [-0.3, -0.25) is 14.4 Å². The first-order chi connectivity index (χ1) is 19.9. The predicted molar refractivity (Wildman–Crippen MR) is 150 cm³/mol. The molecule has 0 radical (unpaired) electrons. The second-order valence-corrected chi connectivity index (χ2v) is 10.9. The number of amides is 3. The third-order valence-corrected chi connectivity index (χ3v) is 8.24. The third kappa shape index (κ3) is 5.67. The molecule has 3 aromatic carbocycles. The molecule has 9 heteroatoms. The Balaban J connectivity index is 1.11. The predicted octanol–water partition coefficient (Wildman–Crippen LogP) is 4.43. The van der Waals surface area contributed by atoms with E-state index in [2.05, 4.69) is 17.4 Å². The maximum absolute atomic E-state index is 13.5. The lowest BCUT2D eigenvalue weighted by molar-refractivity contribution is -0.143. The van der Waals surface area contributed by atoms with E-state index in [1.54, 1.807) is 30.1 Å². The first-order valence-electron chi connectivity index (χ1n) is 14.0. The number of hydrogen-bond donors (Lipinski definition) is 1. The van der Waals surface area contributed by atoms with Crippen LogP contribution in [0.15, 0.2) is 66.7 Å². The van der Waals surface area contributed by atoms with Crippen LogP contribution in [0.2, 0.25) is 0 Å². The van der Waals surface area contributed by atoms with Gasteiger partial charge in [-0.1, -0.05) is 30.3 Å². The summed E-state index contributed by atoms with van der Waals surface area (Å²) >= 11 is 0. The molecule has 212 valence electrons. The van der Waals surface area contributed by atoms with Crippen molar-refractivity contribution in [1.82, 2.24) is 9.80 Å². The fourth-order valence-corrected chi connectivity index (χ4v) is 5.97. The van der Waals surface area contributed by atoms with Gasteiger partial charge in [-0.15, -0.1) is 0 Å². The van der Waals surface area contributed by atoms with E-state index in [4.69, 9.17) is 9.47 Å². The number of halogens is 1. The molecule has 3 amide bonds. The molecule has 0 bridgehead atoms. The highest BCUT2D eigenvalue weighted by Crippen LogP contribution is 2.33. The fraction of sp³-hybridized carbons (Fsp3) is 0.344. The highest BCUT2D eigenvalue weighted by atomic mass is 19.1. The molecule has 3 aromatic rings. The van der Waals surface area contributed by atoms with Crippen LogP contribution in [-0.2, 0) is 22.5 Å². The second-order valence-electron chi connectivity index (χ2n) is 10.9. The Labute approximate surface area is 238 Å². The van der Waals surface area contributed by atoms with Crippen LogP contribution in [0.25, 0.3) is 0 Å². The van der Waals surface area contributed by atoms with Crippen LogP contribution in [0.1, 0.15) is 51.1 Å². The van der Waals surface area contributed by atoms with E-state index < -0.39 is 11.7 Å². The Kier molecular flexibility index (Phi) is 7.45. The molecule has 6 rings (SSSR count). The number of fused-ring (bicyclic) bond motifs is 3. The Morgan fingerprint density at radius 1 is 1.02 bits per heavy atom. The molecule has 3 atom stereocenters. The van der Waals surface area contributed by atoms with E-state index in [0.29, 0.717) is 49.4 Å². The van der Waals surface area contributed by atoms with Crippen LogP contribution in [0.4, 0.5) is 10.1 Å². The topological polar surface area (TPSA) is 88.2 Å². The lowest BCUT2D eigenvalue weighted by Gasteiger charge is -2.42. The number of rotatable bonds is 4. The van der Waals surface area contributed by atoms with Crippen LogP contribution in [0.3, 0.4) is 0 Å². The van der Waals surface area contributed by atoms with Crippen LogP contribution >= 0.6 is 0 Å². The number of carbonyl (C=O) groups is 3. The number of nitrogens with zero attached hydrogens (tertiary/aromatic N) is 2. The van der Waals surface area contributed by atoms with Crippen molar-refractivity contribution >= 4 is 23.4 Å². The molecule has 3 aliphatic rings. The van der Waals surface area contributed by atoms with E-state index in [9.17, 15) is 18.8 Å². The SMILES string of the molecule is CN1C(=O)c2cc(NC(=O)c3cccc(F)c3)ccc2OC[C@H]2O[C@H](CC(=O)N3CCc4ccccc4C3)CC[C@H]21. The Bertz CT molecular complexity index is 1490. The molecule has 0 aromatic heterocycles. The van der Waals surface area contributed by atoms with Crippen molar-refractivity contribution < 1.29 is 28.2 Å². The molecule has 3 heterocycles. The molecule has 1 saturated heterocycles. The lowest BCUT2D eigenvalue weighted by atomic mass is 9.94. The molecule has 3 aliphatic heterocycles. The Morgan fingerprint density at radius 2 is 1.85 bits per heavy atom. The van der Waals surface area contributed by atoms with Crippen molar-refractivity contribution in [3.63, 3.8) is 0 Å². The number of nitrogens with one attached hydrogen (secondary N) is 1. The number of anilines is 1. The Hall–Kier alpha value is -4.24. The van der Waals surface area contributed by atoms with Gasteiger partial charge in [0.25, 0.3) is 11.8 Å². The zero-order chi connectivity index (χ0) is 28.5. The largest absolute Gasteiger partial charge is 0.490 e.